The third-order valence-corrected chi connectivity index (χ3v) is 6.24. The summed E-state index contributed by atoms with van der Waals surface area (Å²) < 4.78 is 43.7. The molecule has 32 heavy (non-hydrogen) atoms. The van der Waals surface area contributed by atoms with Crippen molar-refractivity contribution in [2.45, 2.75) is 37.8 Å². The third kappa shape index (κ3) is 3.55. The Labute approximate surface area is 182 Å². The maximum absolute atomic E-state index is 14.5. The molecule has 0 saturated heterocycles. The number of imidazole rings is 1. The third-order valence-electron chi connectivity index (χ3n) is 6.24. The normalized spacial score (nSPS) is 19.0. The van der Waals surface area contributed by atoms with Crippen LogP contribution in [0.5, 0.6) is 0 Å². The lowest BCUT2D eigenvalue weighted by Crippen LogP contribution is -2.45. The zero-order valence-electron chi connectivity index (χ0n) is 17.3. The molecule has 0 radical (unpaired) electrons. The standard InChI is InChI=1S/C24H21F3N4O/c1-13(31-7-6-28-12-31)24(32)29-18-8-15(9-18)21-19-10-17(26)11-20(27)23(19)30-22(21)14-2-4-16(25)5-3-14/h2-7,10-13,15,18,30H,8-9H2,1H3,(H,29,32)/t13-,15-,18+/m1/s1. The van der Waals surface area contributed by atoms with Gasteiger partial charge in [-0.2, -0.15) is 0 Å². The number of aromatic amines is 1. The highest BCUT2D eigenvalue weighted by Crippen LogP contribution is 2.45. The van der Waals surface area contributed by atoms with E-state index in [2.05, 4.69) is 15.3 Å². The summed E-state index contributed by atoms with van der Waals surface area (Å²) >= 11 is 0. The molecule has 0 bridgehead atoms. The second kappa shape index (κ2) is 7.85. The first-order valence-electron chi connectivity index (χ1n) is 10.4. The number of benzene rings is 2. The fourth-order valence-electron chi connectivity index (χ4n) is 4.44. The molecule has 2 aromatic heterocycles. The van der Waals surface area contributed by atoms with Gasteiger partial charge in [-0.3, -0.25) is 4.79 Å². The number of hydrogen-bond acceptors (Lipinski definition) is 2. The van der Waals surface area contributed by atoms with Gasteiger partial charge in [0.2, 0.25) is 5.91 Å². The highest BCUT2D eigenvalue weighted by molar-refractivity contribution is 5.92. The quantitative estimate of drug-likeness (QED) is 0.457. The van der Waals surface area contributed by atoms with Gasteiger partial charge in [0.25, 0.3) is 0 Å². The van der Waals surface area contributed by atoms with Crippen LogP contribution < -0.4 is 5.32 Å². The van der Waals surface area contributed by atoms with Gasteiger partial charge >= 0.3 is 0 Å². The van der Waals surface area contributed by atoms with E-state index in [1.54, 1.807) is 42.3 Å². The van der Waals surface area contributed by atoms with E-state index in [0.717, 1.165) is 11.6 Å². The summed E-state index contributed by atoms with van der Waals surface area (Å²) in [6.07, 6.45) is 6.23. The summed E-state index contributed by atoms with van der Waals surface area (Å²) in [5, 5.41) is 3.51. The fourth-order valence-corrected chi connectivity index (χ4v) is 4.44. The van der Waals surface area contributed by atoms with E-state index in [1.807, 2.05) is 0 Å². The first kappa shape index (κ1) is 20.4. The van der Waals surface area contributed by atoms with Gasteiger partial charge in [0.1, 0.15) is 23.5 Å². The zero-order chi connectivity index (χ0) is 22.4. The van der Waals surface area contributed by atoms with Crippen molar-refractivity contribution in [2.75, 3.05) is 0 Å². The van der Waals surface area contributed by atoms with Crippen LogP contribution in [0.2, 0.25) is 0 Å². The number of H-pyrrole nitrogens is 1. The topological polar surface area (TPSA) is 62.7 Å². The van der Waals surface area contributed by atoms with Crippen LogP contribution in [0.15, 0.2) is 55.1 Å². The lowest BCUT2D eigenvalue weighted by molar-refractivity contribution is -0.125. The molecule has 0 unspecified atom stereocenters. The summed E-state index contributed by atoms with van der Waals surface area (Å²) in [6, 6.07) is 7.64. The van der Waals surface area contributed by atoms with Crippen molar-refractivity contribution in [2.24, 2.45) is 0 Å². The molecule has 1 atom stereocenters. The molecule has 1 amide bonds. The van der Waals surface area contributed by atoms with Gasteiger partial charge in [0.05, 0.1) is 17.5 Å². The minimum absolute atomic E-state index is 0.00106. The van der Waals surface area contributed by atoms with Crippen LogP contribution in [-0.4, -0.2) is 26.5 Å². The monoisotopic (exact) mass is 438 g/mol. The van der Waals surface area contributed by atoms with Crippen molar-refractivity contribution in [3.63, 3.8) is 0 Å². The molecular weight excluding hydrogens is 417 g/mol. The lowest BCUT2D eigenvalue weighted by Gasteiger charge is -2.37. The Balaban J connectivity index is 1.42. The number of halogens is 3. The molecule has 164 valence electrons. The molecule has 1 fully saturated rings. The van der Waals surface area contributed by atoms with Crippen LogP contribution >= 0.6 is 0 Å². The Morgan fingerprint density at radius 3 is 2.59 bits per heavy atom. The van der Waals surface area contributed by atoms with Crippen LogP contribution in [0.1, 0.15) is 37.3 Å². The van der Waals surface area contributed by atoms with E-state index >= 15 is 0 Å². The summed E-state index contributed by atoms with van der Waals surface area (Å²) in [5.74, 6) is -1.81. The van der Waals surface area contributed by atoms with E-state index in [0.29, 0.717) is 29.5 Å². The number of nitrogens with one attached hydrogen (secondary N) is 2. The Morgan fingerprint density at radius 1 is 1.16 bits per heavy atom. The van der Waals surface area contributed by atoms with Crippen molar-refractivity contribution in [3.8, 4) is 11.3 Å². The lowest BCUT2D eigenvalue weighted by atomic mass is 9.74. The molecule has 2 heterocycles. The molecule has 0 spiro atoms. The molecule has 5 rings (SSSR count). The SMILES string of the molecule is C[C@H](C(=O)N[C@H]1C[C@@H](c2c(-c3ccc(F)cc3)[nH]c3c(F)cc(F)cc32)C1)n1ccnc1. The Kier molecular flexibility index (Phi) is 5.00. The van der Waals surface area contributed by atoms with Crippen molar-refractivity contribution in [3.05, 3.63) is 78.1 Å². The molecule has 1 aliphatic rings. The Morgan fingerprint density at radius 2 is 1.91 bits per heavy atom. The number of rotatable bonds is 5. The van der Waals surface area contributed by atoms with Gasteiger partial charge in [0.15, 0.2) is 0 Å². The molecular formula is C24H21F3N4O. The average molecular weight is 438 g/mol. The van der Waals surface area contributed by atoms with Gasteiger partial charge in [-0.1, -0.05) is 0 Å². The number of carbonyl (C=O) groups is 1. The number of carbonyl (C=O) groups excluding carboxylic acids is 1. The van der Waals surface area contributed by atoms with Crippen molar-refractivity contribution in [1.82, 2.24) is 19.9 Å². The van der Waals surface area contributed by atoms with E-state index in [-0.39, 0.29) is 35.2 Å². The zero-order valence-corrected chi connectivity index (χ0v) is 17.3. The molecule has 2 aromatic carbocycles. The van der Waals surface area contributed by atoms with Gasteiger partial charge in [-0.05, 0) is 67.1 Å². The summed E-state index contributed by atoms with van der Waals surface area (Å²) in [4.78, 5) is 19.6. The van der Waals surface area contributed by atoms with E-state index in [9.17, 15) is 18.0 Å². The first-order chi connectivity index (χ1) is 15.4. The molecule has 0 aliphatic heterocycles. The smallest absolute Gasteiger partial charge is 0.243 e. The largest absolute Gasteiger partial charge is 0.352 e. The minimum atomic E-state index is -0.673. The summed E-state index contributed by atoms with van der Waals surface area (Å²) in [7, 11) is 0. The molecule has 1 saturated carbocycles. The first-order valence-corrected chi connectivity index (χ1v) is 10.4. The second-order valence-electron chi connectivity index (χ2n) is 8.29. The van der Waals surface area contributed by atoms with Gasteiger partial charge in [-0.15, -0.1) is 0 Å². The predicted molar refractivity (Wildman–Crippen MR) is 114 cm³/mol. The Hall–Kier alpha value is -3.55. The van der Waals surface area contributed by atoms with Crippen LogP contribution in [0.3, 0.4) is 0 Å². The fraction of sp³-hybridized carbons (Fsp3) is 0.250. The second-order valence-corrected chi connectivity index (χ2v) is 8.29. The van der Waals surface area contributed by atoms with Crippen LogP contribution in [0.4, 0.5) is 13.2 Å². The highest BCUT2D eigenvalue weighted by Gasteiger charge is 2.36. The van der Waals surface area contributed by atoms with E-state index in [4.69, 9.17) is 0 Å². The van der Waals surface area contributed by atoms with Crippen molar-refractivity contribution < 1.29 is 18.0 Å². The van der Waals surface area contributed by atoms with Crippen LogP contribution in [-0.2, 0) is 4.79 Å². The van der Waals surface area contributed by atoms with E-state index < -0.39 is 11.6 Å². The minimum Gasteiger partial charge on any atom is -0.352 e. The molecule has 5 nitrogen and oxygen atoms in total. The molecule has 1 aliphatic carbocycles. The number of nitrogens with zero attached hydrogens (tertiary/aromatic N) is 2. The number of fused-ring (bicyclic) bond motifs is 1. The number of hydrogen-bond donors (Lipinski definition) is 2. The molecule has 2 N–H and O–H groups in total. The van der Waals surface area contributed by atoms with Crippen molar-refractivity contribution >= 4 is 16.8 Å². The maximum Gasteiger partial charge on any atom is 0.243 e. The Bertz CT molecular complexity index is 1280. The van der Waals surface area contributed by atoms with E-state index in [1.165, 1.54) is 18.2 Å². The molecule has 4 aromatic rings. The van der Waals surface area contributed by atoms with Crippen LogP contribution in [0.25, 0.3) is 22.2 Å². The number of aromatic nitrogens is 3. The van der Waals surface area contributed by atoms with Gasteiger partial charge in [0, 0.05) is 29.9 Å². The van der Waals surface area contributed by atoms with Gasteiger partial charge in [-0.25, -0.2) is 18.2 Å². The maximum atomic E-state index is 14.5. The van der Waals surface area contributed by atoms with Crippen LogP contribution in [0, 0.1) is 17.5 Å². The van der Waals surface area contributed by atoms with Crippen molar-refractivity contribution in [1.29, 1.82) is 0 Å². The average Bonchev–Trinajstić information content (AvgIpc) is 3.39. The number of amides is 1. The summed E-state index contributed by atoms with van der Waals surface area (Å²) in [5.41, 5.74) is 2.35. The summed E-state index contributed by atoms with van der Waals surface area (Å²) in [6.45, 7) is 1.80. The molecule has 8 heteroatoms. The van der Waals surface area contributed by atoms with Gasteiger partial charge < -0.3 is 14.9 Å². The highest BCUT2D eigenvalue weighted by atomic mass is 19.1. The predicted octanol–water partition coefficient (Wildman–Crippen LogP) is 5.07.